The third kappa shape index (κ3) is 4.26. The second-order valence-electron chi connectivity index (χ2n) is 4.76. The van der Waals surface area contributed by atoms with Crippen molar-refractivity contribution in [1.82, 2.24) is 0 Å². The Morgan fingerprint density at radius 1 is 1.29 bits per heavy atom. The van der Waals surface area contributed by atoms with Crippen LogP contribution in [0, 0.1) is 17.0 Å². The molecule has 0 bridgehead atoms. The Bertz CT molecular complexity index is 808. The summed E-state index contributed by atoms with van der Waals surface area (Å²) in [5.41, 5.74) is 0.928. The maximum atomic E-state index is 12.0. The highest BCUT2D eigenvalue weighted by atomic mass is 32.1. The smallest absolute Gasteiger partial charge is 0.340 e. The summed E-state index contributed by atoms with van der Waals surface area (Å²) in [4.78, 5) is 34.6. The zero-order valence-electron chi connectivity index (χ0n) is 12.9. The van der Waals surface area contributed by atoms with Gasteiger partial charge in [-0.2, -0.15) is 0 Å². The van der Waals surface area contributed by atoms with Crippen molar-refractivity contribution in [3.05, 3.63) is 62.5 Å². The number of anilines is 1. The SMILES string of the molecule is COC(=O)c1cc(C)sc1NC(=O)/C=C/c1ccc([N+](=O)[O-])cc1. The quantitative estimate of drug-likeness (QED) is 0.387. The topological polar surface area (TPSA) is 98.5 Å². The number of hydrogen-bond donors (Lipinski definition) is 1. The molecule has 1 N–H and O–H groups in total. The molecule has 0 aliphatic heterocycles. The lowest BCUT2D eigenvalue weighted by Crippen LogP contribution is -2.10. The molecule has 1 aromatic carbocycles. The number of nitro groups is 1. The second kappa shape index (κ2) is 7.51. The van der Waals surface area contributed by atoms with Crippen molar-refractivity contribution in [3.8, 4) is 0 Å². The first kappa shape index (κ1) is 17.4. The highest BCUT2D eigenvalue weighted by Gasteiger charge is 2.16. The molecule has 1 heterocycles. The van der Waals surface area contributed by atoms with Gasteiger partial charge in [0, 0.05) is 23.1 Å². The van der Waals surface area contributed by atoms with E-state index in [1.807, 2.05) is 6.92 Å². The zero-order valence-corrected chi connectivity index (χ0v) is 13.8. The van der Waals surface area contributed by atoms with Gasteiger partial charge in [0.05, 0.1) is 17.6 Å². The monoisotopic (exact) mass is 346 g/mol. The number of carbonyl (C=O) groups excluding carboxylic acids is 2. The van der Waals surface area contributed by atoms with Gasteiger partial charge in [0.25, 0.3) is 5.69 Å². The van der Waals surface area contributed by atoms with Gasteiger partial charge in [0.1, 0.15) is 5.00 Å². The number of carbonyl (C=O) groups is 2. The molecule has 0 aliphatic rings. The fourth-order valence-electron chi connectivity index (χ4n) is 1.90. The van der Waals surface area contributed by atoms with Crippen LogP contribution in [0.15, 0.2) is 36.4 Å². The van der Waals surface area contributed by atoms with E-state index in [2.05, 4.69) is 10.1 Å². The van der Waals surface area contributed by atoms with E-state index < -0.39 is 16.8 Å². The van der Waals surface area contributed by atoms with Crippen molar-refractivity contribution in [2.24, 2.45) is 0 Å². The Hall–Kier alpha value is -3.00. The van der Waals surface area contributed by atoms with Gasteiger partial charge in [-0.05, 0) is 36.8 Å². The summed E-state index contributed by atoms with van der Waals surface area (Å²) in [5.74, 6) is -0.936. The van der Waals surface area contributed by atoms with Crippen LogP contribution in [0.25, 0.3) is 6.08 Å². The number of methoxy groups -OCH3 is 1. The average Bonchev–Trinajstić information content (AvgIpc) is 2.92. The first-order valence-electron chi connectivity index (χ1n) is 6.83. The first-order chi connectivity index (χ1) is 11.4. The summed E-state index contributed by atoms with van der Waals surface area (Å²) in [7, 11) is 1.27. The molecule has 0 unspecified atom stereocenters. The van der Waals surface area contributed by atoms with E-state index in [1.165, 1.54) is 54.9 Å². The van der Waals surface area contributed by atoms with Gasteiger partial charge in [-0.1, -0.05) is 0 Å². The van der Waals surface area contributed by atoms with Crippen LogP contribution in [0.3, 0.4) is 0 Å². The van der Waals surface area contributed by atoms with Gasteiger partial charge < -0.3 is 10.1 Å². The third-order valence-electron chi connectivity index (χ3n) is 3.03. The second-order valence-corrected chi connectivity index (χ2v) is 6.02. The molecular formula is C16H14N2O5S. The first-order valence-corrected chi connectivity index (χ1v) is 7.64. The molecule has 7 nitrogen and oxygen atoms in total. The molecule has 0 atom stereocenters. The van der Waals surface area contributed by atoms with E-state index in [9.17, 15) is 19.7 Å². The van der Waals surface area contributed by atoms with Crippen molar-refractivity contribution < 1.29 is 19.2 Å². The van der Waals surface area contributed by atoms with Crippen LogP contribution in [0.2, 0.25) is 0 Å². The van der Waals surface area contributed by atoms with Crippen LogP contribution < -0.4 is 5.32 Å². The van der Waals surface area contributed by atoms with E-state index in [4.69, 9.17) is 0 Å². The molecule has 0 aliphatic carbocycles. The number of amides is 1. The zero-order chi connectivity index (χ0) is 17.7. The van der Waals surface area contributed by atoms with Gasteiger partial charge in [0.15, 0.2) is 0 Å². The highest BCUT2D eigenvalue weighted by molar-refractivity contribution is 7.16. The molecule has 0 saturated heterocycles. The van der Waals surface area contributed by atoms with Crippen LogP contribution in [-0.4, -0.2) is 23.9 Å². The van der Waals surface area contributed by atoms with Crippen molar-refractivity contribution >= 4 is 40.0 Å². The summed E-state index contributed by atoms with van der Waals surface area (Å²) in [6.07, 6.45) is 2.81. The molecule has 0 spiro atoms. The Morgan fingerprint density at radius 3 is 2.54 bits per heavy atom. The molecule has 0 fully saturated rings. The summed E-state index contributed by atoms with van der Waals surface area (Å²) < 4.78 is 4.68. The summed E-state index contributed by atoms with van der Waals surface area (Å²) in [6, 6.07) is 7.44. The van der Waals surface area contributed by atoms with Crippen LogP contribution in [0.5, 0.6) is 0 Å². The minimum atomic E-state index is -0.519. The number of nitro benzene ring substituents is 1. The minimum Gasteiger partial charge on any atom is -0.465 e. The molecule has 124 valence electrons. The predicted molar refractivity (Wildman–Crippen MR) is 91.2 cm³/mol. The lowest BCUT2D eigenvalue weighted by Gasteiger charge is -2.02. The van der Waals surface area contributed by atoms with Gasteiger partial charge in [-0.3, -0.25) is 14.9 Å². The van der Waals surface area contributed by atoms with Crippen molar-refractivity contribution in [2.75, 3.05) is 12.4 Å². The maximum Gasteiger partial charge on any atom is 0.340 e. The number of ether oxygens (including phenoxy) is 1. The van der Waals surface area contributed by atoms with E-state index in [1.54, 1.807) is 6.07 Å². The molecule has 2 aromatic rings. The Morgan fingerprint density at radius 2 is 1.96 bits per heavy atom. The maximum absolute atomic E-state index is 12.0. The van der Waals surface area contributed by atoms with E-state index >= 15 is 0 Å². The predicted octanol–water partition coefficient (Wildman–Crippen LogP) is 3.40. The van der Waals surface area contributed by atoms with Crippen LogP contribution in [0.4, 0.5) is 10.7 Å². The molecule has 1 aromatic heterocycles. The van der Waals surface area contributed by atoms with Crippen LogP contribution in [-0.2, 0) is 9.53 Å². The van der Waals surface area contributed by atoms with Gasteiger partial charge in [-0.15, -0.1) is 11.3 Å². The molecule has 8 heteroatoms. The number of nitrogens with one attached hydrogen (secondary N) is 1. The number of non-ortho nitro benzene ring substituents is 1. The molecule has 1 amide bonds. The molecule has 0 saturated carbocycles. The number of hydrogen-bond acceptors (Lipinski definition) is 6. The highest BCUT2D eigenvalue weighted by Crippen LogP contribution is 2.28. The van der Waals surface area contributed by atoms with Crippen molar-refractivity contribution in [3.63, 3.8) is 0 Å². The number of thiophene rings is 1. The van der Waals surface area contributed by atoms with Crippen molar-refractivity contribution in [1.29, 1.82) is 0 Å². The van der Waals surface area contributed by atoms with Crippen LogP contribution in [0.1, 0.15) is 20.8 Å². The van der Waals surface area contributed by atoms with E-state index in [0.29, 0.717) is 16.1 Å². The number of esters is 1. The van der Waals surface area contributed by atoms with E-state index in [0.717, 1.165) is 4.88 Å². The normalized spacial score (nSPS) is 10.6. The number of rotatable bonds is 5. The summed E-state index contributed by atoms with van der Waals surface area (Å²) in [6.45, 7) is 1.82. The minimum absolute atomic E-state index is 0.0200. The third-order valence-corrected chi connectivity index (χ3v) is 3.99. The lowest BCUT2D eigenvalue weighted by atomic mass is 10.2. The fourth-order valence-corrected chi connectivity index (χ4v) is 2.80. The fraction of sp³-hybridized carbons (Fsp3) is 0.125. The van der Waals surface area contributed by atoms with E-state index in [-0.39, 0.29) is 5.69 Å². The number of nitrogens with zero attached hydrogens (tertiary/aromatic N) is 1. The Labute approximate surface area is 141 Å². The van der Waals surface area contributed by atoms with Gasteiger partial charge in [0.2, 0.25) is 5.91 Å². The molecular weight excluding hydrogens is 332 g/mol. The molecule has 24 heavy (non-hydrogen) atoms. The number of benzene rings is 1. The molecule has 2 rings (SSSR count). The Balaban J connectivity index is 2.08. The average molecular weight is 346 g/mol. The summed E-state index contributed by atoms with van der Waals surface area (Å²) >= 11 is 1.27. The van der Waals surface area contributed by atoms with Gasteiger partial charge in [-0.25, -0.2) is 4.79 Å². The lowest BCUT2D eigenvalue weighted by molar-refractivity contribution is -0.384. The van der Waals surface area contributed by atoms with Crippen LogP contribution >= 0.6 is 11.3 Å². The summed E-state index contributed by atoms with van der Waals surface area (Å²) in [5, 5.41) is 13.6. The molecule has 0 radical (unpaired) electrons. The largest absolute Gasteiger partial charge is 0.465 e. The van der Waals surface area contributed by atoms with Gasteiger partial charge >= 0.3 is 5.97 Å². The number of aryl methyl sites for hydroxylation is 1. The Kier molecular flexibility index (Phi) is 5.43. The standard InChI is InChI=1S/C16H14N2O5S/c1-10-9-13(16(20)23-2)15(24-10)17-14(19)8-5-11-3-6-12(7-4-11)18(21)22/h3-9H,1-2H3,(H,17,19)/b8-5+. The van der Waals surface area contributed by atoms with Crippen molar-refractivity contribution in [2.45, 2.75) is 6.92 Å².